The second-order valence-corrected chi connectivity index (χ2v) is 2.00. The molecule has 0 aromatic heterocycles. The fourth-order valence-electron chi connectivity index (χ4n) is 0.521. The SMILES string of the molecule is CN(C)C1OC1(F)F. The molecule has 0 aliphatic carbocycles. The lowest BCUT2D eigenvalue weighted by Gasteiger charge is -2.00. The van der Waals surface area contributed by atoms with E-state index in [1.165, 1.54) is 4.90 Å². The Morgan fingerprint density at radius 1 is 1.50 bits per heavy atom. The minimum absolute atomic E-state index is 0.984. The van der Waals surface area contributed by atoms with Crippen molar-refractivity contribution in [2.24, 2.45) is 0 Å². The van der Waals surface area contributed by atoms with Crippen LogP contribution in [0.5, 0.6) is 0 Å². The smallest absolute Gasteiger partial charge is 0.289 e. The van der Waals surface area contributed by atoms with E-state index in [2.05, 4.69) is 4.74 Å². The molecule has 1 rings (SSSR count). The first-order valence-corrected chi connectivity index (χ1v) is 2.26. The highest BCUT2D eigenvalue weighted by Gasteiger charge is 2.61. The highest BCUT2D eigenvalue weighted by Crippen LogP contribution is 2.40. The molecule has 8 heavy (non-hydrogen) atoms. The molecule has 4 heteroatoms. The van der Waals surface area contributed by atoms with Gasteiger partial charge in [0, 0.05) is 0 Å². The van der Waals surface area contributed by atoms with Gasteiger partial charge in [-0.3, -0.25) is 9.64 Å². The molecule has 1 atom stereocenters. The molecule has 1 unspecified atom stereocenters. The topological polar surface area (TPSA) is 15.8 Å². The number of rotatable bonds is 1. The number of nitrogens with zero attached hydrogens (tertiary/aromatic N) is 1. The average molecular weight is 123 g/mol. The van der Waals surface area contributed by atoms with Gasteiger partial charge in [-0.2, -0.15) is 8.78 Å². The molecule has 0 radical (unpaired) electrons. The molecule has 1 aliphatic heterocycles. The Kier molecular flexibility index (Phi) is 1.02. The van der Waals surface area contributed by atoms with Gasteiger partial charge in [0.1, 0.15) is 0 Å². The quantitative estimate of drug-likeness (QED) is 0.472. The van der Waals surface area contributed by atoms with Gasteiger partial charge >= 0.3 is 6.11 Å². The lowest BCUT2D eigenvalue weighted by molar-refractivity contribution is 0.000734. The number of halogens is 2. The molecule has 2 nitrogen and oxygen atoms in total. The number of epoxide rings is 1. The van der Waals surface area contributed by atoms with Crippen molar-refractivity contribution in [3.05, 3.63) is 0 Å². The van der Waals surface area contributed by atoms with Crippen LogP contribution in [-0.2, 0) is 4.74 Å². The van der Waals surface area contributed by atoms with Crippen LogP contribution >= 0.6 is 0 Å². The second-order valence-electron chi connectivity index (χ2n) is 2.00. The summed E-state index contributed by atoms with van der Waals surface area (Å²) in [5.74, 6) is 0. The third-order valence-corrected chi connectivity index (χ3v) is 0.968. The Balaban J connectivity index is 2.37. The Morgan fingerprint density at radius 2 is 1.88 bits per heavy atom. The first-order chi connectivity index (χ1) is 3.54. The number of likely N-dealkylation sites (N-methyl/N-ethyl adjacent to an activating group) is 1. The highest BCUT2D eigenvalue weighted by atomic mass is 19.3. The summed E-state index contributed by atoms with van der Waals surface area (Å²) >= 11 is 0. The summed E-state index contributed by atoms with van der Waals surface area (Å²) in [6, 6.07) is 0. The minimum atomic E-state index is -2.89. The van der Waals surface area contributed by atoms with E-state index in [-0.39, 0.29) is 0 Å². The molecule has 0 aromatic rings. The van der Waals surface area contributed by atoms with E-state index in [0.29, 0.717) is 0 Å². The Morgan fingerprint density at radius 3 is 1.88 bits per heavy atom. The third-order valence-electron chi connectivity index (χ3n) is 0.968. The van der Waals surface area contributed by atoms with Crippen LogP contribution in [0.2, 0.25) is 0 Å². The Hall–Kier alpha value is -0.220. The summed E-state index contributed by atoms with van der Waals surface area (Å²) in [6.45, 7) is 0. The number of ether oxygens (including phenoxy) is 1. The van der Waals surface area contributed by atoms with Crippen LogP contribution < -0.4 is 0 Å². The van der Waals surface area contributed by atoms with E-state index in [1.807, 2.05) is 0 Å². The predicted octanol–water partition coefficient (Wildman–Crippen LogP) is 0.497. The van der Waals surface area contributed by atoms with E-state index >= 15 is 0 Å². The zero-order valence-corrected chi connectivity index (χ0v) is 4.69. The molecule has 0 N–H and O–H groups in total. The first-order valence-electron chi connectivity index (χ1n) is 2.26. The van der Waals surface area contributed by atoms with E-state index in [9.17, 15) is 8.78 Å². The molecule has 48 valence electrons. The van der Waals surface area contributed by atoms with Crippen molar-refractivity contribution in [1.29, 1.82) is 0 Å². The summed E-state index contributed by atoms with van der Waals surface area (Å²) in [5.41, 5.74) is 0. The van der Waals surface area contributed by atoms with Crippen molar-refractivity contribution in [2.45, 2.75) is 12.3 Å². The molecular formula is C4H7F2NO. The van der Waals surface area contributed by atoms with E-state index in [1.54, 1.807) is 14.1 Å². The summed E-state index contributed by atoms with van der Waals surface area (Å²) in [4.78, 5) is 1.33. The molecule has 1 aliphatic rings. The zero-order valence-electron chi connectivity index (χ0n) is 4.69. The number of hydrogen-bond acceptors (Lipinski definition) is 2. The van der Waals surface area contributed by atoms with Crippen molar-refractivity contribution < 1.29 is 13.5 Å². The number of alkyl halides is 2. The van der Waals surface area contributed by atoms with E-state index in [0.717, 1.165) is 0 Å². The maximum absolute atomic E-state index is 11.8. The van der Waals surface area contributed by atoms with Crippen molar-refractivity contribution in [3.8, 4) is 0 Å². The highest BCUT2D eigenvalue weighted by molar-refractivity contribution is 4.80. The molecule has 1 saturated heterocycles. The van der Waals surface area contributed by atoms with Crippen LogP contribution in [0.25, 0.3) is 0 Å². The van der Waals surface area contributed by atoms with E-state index < -0.39 is 12.3 Å². The zero-order chi connectivity index (χ0) is 6.36. The largest absolute Gasteiger partial charge is 0.397 e. The van der Waals surface area contributed by atoms with Gasteiger partial charge in [0.15, 0.2) is 0 Å². The summed E-state index contributed by atoms with van der Waals surface area (Å²) in [6.07, 6.45) is -3.87. The fraction of sp³-hybridized carbons (Fsp3) is 1.00. The molecule has 1 fully saturated rings. The van der Waals surface area contributed by atoms with Gasteiger partial charge in [0.05, 0.1) is 0 Å². The van der Waals surface area contributed by atoms with Gasteiger partial charge in [0.2, 0.25) is 6.23 Å². The lowest BCUT2D eigenvalue weighted by atomic mass is 10.6. The van der Waals surface area contributed by atoms with E-state index in [4.69, 9.17) is 0 Å². The van der Waals surface area contributed by atoms with Crippen molar-refractivity contribution >= 4 is 0 Å². The average Bonchev–Trinajstić information content (AvgIpc) is 2.13. The maximum atomic E-state index is 11.8. The van der Waals surface area contributed by atoms with Crippen molar-refractivity contribution in [2.75, 3.05) is 14.1 Å². The molecule has 1 heterocycles. The van der Waals surface area contributed by atoms with Crippen molar-refractivity contribution in [3.63, 3.8) is 0 Å². The van der Waals surface area contributed by atoms with Crippen molar-refractivity contribution in [1.82, 2.24) is 4.90 Å². The van der Waals surface area contributed by atoms with Crippen LogP contribution in [0.4, 0.5) is 8.78 Å². The molecule has 0 saturated carbocycles. The van der Waals surface area contributed by atoms with Crippen LogP contribution in [0.15, 0.2) is 0 Å². The number of hydrogen-bond donors (Lipinski definition) is 0. The summed E-state index contributed by atoms with van der Waals surface area (Å²) < 4.78 is 27.5. The van der Waals surface area contributed by atoms with Crippen LogP contribution in [-0.4, -0.2) is 31.3 Å². The van der Waals surface area contributed by atoms with Crippen LogP contribution in [0.1, 0.15) is 0 Å². The predicted molar refractivity (Wildman–Crippen MR) is 23.5 cm³/mol. The van der Waals surface area contributed by atoms with Gasteiger partial charge in [-0.15, -0.1) is 0 Å². The molecule has 0 aromatic carbocycles. The summed E-state index contributed by atoms with van der Waals surface area (Å²) in [7, 11) is 3.09. The Labute approximate surface area is 46.0 Å². The maximum Gasteiger partial charge on any atom is 0.397 e. The van der Waals surface area contributed by atoms with Crippen LogP contribution in [0.3, 0.4) is 0 Å². The minimum Gasteiger partial charge on any atom is -0.289 e. The van der Waals surface area contributed by atoms with Gasteiger partial charge in [-0.05, 0) is 14.1 Å². The fourth-order valence-corrected chi connectivity index (χ4v) is 0.521. The van der Waals surface area contributed by atoms with Gasteiger partial charge in [-0.1, -0.05) is 0 Å². The lowest BCUT2D eigenvalue weighted by Crippen LogP contribution is -2.19. The third kappa shape index (κ3) is 0.809. The second kappa shape index (κ2) is 1.39. The molecule has 0 bridgehead atoms. The first kappa shape index (κ1) is 5.91. The van der Waals surface area contributed by atoms with Crippen LogP contribution in [0, 0.1) is 0 Å². The normalized spacial score (nSPS) is 33.4. The molecule has 0 spiro atoms. The van der Waals surface area contributed by atoms with Gasteiger partial charge in [0.25, 0.3) is 0 Å². The Bertz CT molecular complexity index is 104. The summed E-state index contributed by atoms with van der Waals surface area (Å²) in [5, 5.41) is 0. The molecular weight excluding hydrogens is 116 g/mol. The van der Waals surface area contributed by atoms with Gasteiger partial charge in [-0.25, -0.2) is 0 Å². The monoisotopic (exact) mass is 123 g/mol. The standard InChI is InChI=1S/C4H7F2NO/c1-7(2)3-4(5,6)8-3/h3H,1-2H3. The van der Waals surface area contributed by atoms with Gasteiger partial charge < -0.3 is 0 Å². The molecule has 0 amide bonds.